The zero-order valence-corrected chi connectivity index (χ0v) is 16.0. The molecule has 0 saturated carbocycles. The Balaban J connectivity index is 1.44. The van der Waals surface area contributed by atoms with Crippen LogP contribution in [0.1, 0.15) is 28.8 Å². The first-order valence-corrected chi connectivity index (χ1v) is 10.1. The fraction of sp³-hybridized carbons (Fsp3) is 0.412. The lowest BCUT2D eigenvalue weighted by atomic mass is 10.1. The largest absolute Gasteiger partial charge is 0.376 e. The van der Waals surface area contributed by atoms with E-state index in [2.05, 4.69) is 20.8 Å². The van der Waals surface area contributed by atoms with Gasteiger partial charge < -0.3 is 10.1 Å². The van der Waals surface area contributed by atoms with Crippen LogP contribution in [-0.4, -0.2) is 47.0 Å². The quantitative estimate of drug-likeness (QED) is 0.555. The minimum Gasteiger partial charge on any atom is -0.376 e. The summed E-state index contributed by atoms with van der Waals surface area (Å²) in [4.78, 5) is 24.1. The number of nitrogens with zero attached hydrogens (tertiary/aromatic N) is 2. The number of amides is 2. The van der Waals surface area contributed by atoms with Gasteiger partial charge in [-0.05, 0) is 31.4 Å². The van der Waals surface area contributed by atoms with Crippen molar-refractivity contribution in [1.29, 1.82) is 0 Å². The van der Waals surface area contributed by atoms with Crippen molar-refractivity contribution < 1.29 is 14.3 Å². The van der Waals surface area contributed by atoms with Gasteiger partial charge in [0.2, 0.25) is 11.0 Å². The monoisotopic (exact) mass is 392 g/mol. The minimum absolute atomic E-state index is 0.0637. The summed E-state index contributed by atoms with van der Waals surface area (Å²) in [5.74, 6) is -0.0242. The molecule has 9 heteroatoms. The standard InChI is InChI=1S/C17H20N4O3S2/c1-11-5-2-3-7-13(11)15(23)19-16-20-21-17(26-16)25-10-14(22)18-9-12-6-4-8-24-12/h2-3,5,7,12H,4,6,8-10H2,1H3,(H,18,22)(H,19,20,23)/t12-/m0/s1. The predicted octanol–water partition coefficient (Wildman–Crippen LogP) is 2.49. The molecule has 2 heterocycles. The first-order valence-electron chi connectivity index (χ1n) is 8.33. The maximum Gasteiger partial charge on any atom is 0.257 e. The van der Waals surface area contributed by atoms with Crippen LogP contribution in [-0.2, 0) is 9.53 Å². The first-order chi connectivity index (χ1) is 12.6. The van der Waals surface area contributed by atoms with Crippen molar-refractivity contribution in [3.8, 4) is 0 Å². The number of carbonyl (C=O) groups excluding carboxylic acids is 2. The lowest BCUT2D eigenvalue weighted by molar-refractivity contribution is -0.119. The summed E-state index contributed by atoms with van der Waals surface area (Å²) in [7, 11) is 0. The number of aryl methyl sites for hydroxylation is 1. The summed E-state index contributed by atoms with van der Waals surface area (Å²) >= 11 is 2.55. The first kappa shape index (κ1) is 18.8. The molecule has 1 aromatic heterocycles. The van der Waals surface area contributed by atoms with E-state index in [-0.39, 0.29) is 23.7 Å². The number of hydrogen-bond donors (Lipinski definition) is 2. The average molecular weight is 393 g/mol. The molecule has 26 heavy (non-hydrogen) atoms. The summed E-state index contributed by atoms with van der Waals surface area (Å²) in [5, 5.41) is 14.0. The van der Waals surface area contributed by atoms with E-state index in [0.29, 0.717) is 21.6 Å². The van der Waals surface area contributed by atoms with Crippen LogP contribution in [0.3, 0.4) is 0 Å². The molecule has 2 amide bonds. The zero-order chi connectivity index (χ0) is 18.4. The molecule has 138 valence electrons. The van der Waals surface area contributed by atoms with Crippen LogP contribution in [0.2, 0.25) is 0 Å². The lowest BCUT2D eigenvalue weighted by Crippen LogP contribution is -2.32. The maximum atomic E-state index is 12.3. The number of ether oxygens (including phenoxy) is 1. The van der Waals surface area contributed by atoms with Crippen LogP contribution in [0.15, 0.2) is 28.6 Å². The molecule has 2 N–H and O–H groups in total. The maximum absolute atomic E-state index is 12.3. The normalized spacial score (nSPS) is 16.4. The molecule has 1 fully saturated rings. The van der Waals surface area contributed by atoms with Crippen molar-refractivity contribution in [3.63, 3.8) is 0 Å². The second-order valence-electron chi connectivity index (χ2n) is 5.87. The van der Waals surface area contributed by atoms with Crippen molar-refractivity contribution in [2.45, 2.75) is 30.2 Å². The van der Waals surface area contributed by atoms with Gasteiger partial charge in [-0.2, -0.15) is 0 Å². The summed E-state index contributed by atoms with van der Waals surface area (Å²) in [5.41, 5.74) is 1.50. The zero-order valence-electron chi connectivity index (χ0n) is 14.4. The summed E-state index contributed by atoms with van der Waals surface area (Å²) in [6, 6.07) is 7.35. The van der Waals surface area contributed by atoms with E-state index in [1.165, 1.54) is 23.1 Å². The van der Waals surface area contributed by atoms with Crippen LogP contribution in [0.25, 0.3) is 0 Å². The minimum atomic E-state index is -0.217. The Morgan fingerprint density at radius 2 is 2.19 bits per heavy atom. The highest BCUT2D eigenvalue weighted by molar-refractivity contribution is 8.01. The molecular weight excluding hydrogens is 372 g/mol. The molecule has 1 saturated heterocycles. The molecule has 0 radical (unpaired) electrons. The summed E-state index contributed by atoms with van der Waals surface area (Å²) in [6.07, 6.45) is 2.18. The fourth-order valence-electron chi connectivity index (χ4n) is 2.52. The molecule has 3 rings (SSSR count). The smallest absolute Gasteiger partial charge is 0.257 e. The molecule has 1 atom stereocenters. The number of hydrogen-bond acceptors (Lipinski definition) is 7. The second kappa shape index (κ2) is 9.11. The number of nitrogens with one attached hydrogen (secondary N) is 2. The molecule has 0 bridgehead atoms. The Kier molecular flexibility index (Phi) is 6.59. The Bertz CT molecular complexity index is 775. The van der Waals surface area contributed by atoms with Gasteiger partial charge in [-0.15, -0.1) is 10.2 Å². The van der Waals surface area contributed by atoms with E-state index in [9.17, 15) is 9.59 Å². The molecule has 2 aromatic rings. The molecule has 7 nitrogen and oxygen atoms in total. The van der Waals surface area contributed by atoms with Gasteiger partial charge in [0.15, 0.2) is 4.34 Å². The number of thioether (sulfide) groups is 1. The van der Waals surface area contributed by atoms with Crippen LogP contribution in [0.4, 0.5) is 5.13 Å². The van der Waals surface area contributed by atoms with E-state index < -0.39 is 0 Å². The third-order valence-corrected chi connectivity index (χ3v) is 5.87. The van der Waals surface area contributed by atoms with Gasteiger partial charge in [0.25, 0.3) is 5.91 Å². The van der Waals surface area contributed by atoms with Gasteiger partial charge in [0.1, 0.15) is 0 Å². The van der Waals surface area contributed by atoms with Gasteiger partial charge in [-0.3, -0.25) is 14.9 Å². The van der Waals surface area contributed by atoms with Gasteiger partial charge >= 0.3 is 0 Å². The van der Waals surface area contributed by atoms with Crippen LogP contribution >= 0.6 is 23.1 Å². The number of anilines is 1. The third-order valence-electron chi connectivity index (χ3n) is 3.89. The summed E-state index contributed by atoms with van der Waals surface area (Å²) < 4.78 is 6.11. The Labute approximate surface area is 159 Å². The van der Waals surface area contributed by atoms with Gasteiger partial charge in [0.05, 0.1) is 11.9 Å². The number of rotatable bonds is 7. The van der Waals surface area contributed by atoms with E-state index in [4.69, 9.17) is 4.74 Å². The Morgan fingerprint density at radius 1 is 1.35 bits per heavy atom. The predicted molar refractivity (Wildman–Crippen MR) is 102 cm³/mol. The van der Waals surface area contributed by atoms with E-state index in [1.807, 2.05) is 25.1 Å². The number of aromatic nitrogens is 2. The molecule has 0 unspecified atom stereocenters. The molecule has 1 aliphatic rings. The van der Waals surface area contributed by atoms with Crippen molar-refractivity contribution in [3.05, 3.63) is 35.4 Å². The van der Waals surface area contributed by atoms with Crippen LogP contribution < -0.4 is 10.6 Å². The van der Waals surface area contributed by atoms with E-state index in [1.54, 1.807) is 6.07 Å². The number of benzene rings is 1. The van der Waals surface area contributed by atoms with Crippen molar-refractivity contribution >= 4 is 40.0 Å². The topological polar surface area (TPSA) is 93.2 Å². The fourth-order valence-corrected chi connectivity index (χ4v) is 4.10. The lowest BCUT2D eigenvalue weighted by Gasteiger charge is -2.09. The Morgan fingerprint density at radius 3 is 2.96 bits per heavy atom. The molecule has 0 spiro atoms. The van der Waals surface area contributed by atoms with Crippen molar-refractivity contribution in [1.82, 2.24) is 15.5 Å². The highest BCUT2D eigenvalue weighted by atomic mass is 32.2. The molecule has 0 aliphatic carbocycles. The van der Waals surface area contributed by atoms with Gasteiger partial charge in [-0.1, -0.05) is 41.3 Å². The third kappa shape index (κ3) is 5.26. The van der Waals surface area contributed by atoms with Crippen molar-refractivity contribution in [2.75, 3.05) is 24.2 Å². The average Bonchev–Trinajstić information content (AvgIpc) is 3.30. The SMILES string of the molecule is Cc1ccccc1C(=O)Nc1nnc(SCC(=O)NC[C@@H]2CCCO2)s1. The second-order valence-corrected chi connectivity index (χ2v) is 8.07. The Hall–Kier alpha value is -1.97. The summed E-state index contributed by atoms with van der Waals surface area (Å²) in [6.45, 7) is 3.20. The molecule has 1 aromatic carbocycles. The molecular formula is C17H20N4O3S2. The highest BCUT2D eigenvalue weighted by Gasteiger charge is 2.17. The number of carbonyl (C=O) groups is 2. The van der Waals surface area contributed by atoms with Crippen LogP contribution in [0, 0.1) is 6.92 Å². The van der Waals surface area contributed by atoms with E-state index in [0.717, 1.165) is 25.0 Å². The van der Waals surface area contributed by atoms with Crippen molar-refractivity contribution in [2.24, 2.45) is 0 Å². The highest BCUT2D eigenvalue weighted by Crippen LogP contribution is 2.25. The van der Waals surface area contributed by atoms with Gasteiger partial charge in [-0.25, -0.2) is 0 Å². The molecule has 1 aliphatic heterocycles. The van der Waals surface area contributed by atoms with Gasteiger partial charge in [0, 0.05) is 18.7 Å². The van der Waals surface area contributed by atoms with Crippen LogP contribution in [0.5, 0.6) is 0 Å². The van der Waals surface area contributed by atoms with E-state index >= 15 is 0 Å².